The van der Waals surface area contributed by atoms with Gasteiger partial charge in [-0.1, -0.05) is 55.6 Å². The molecule has 0 atom stereocenters. The molecule has 1 N–H and O–H groups in total. The Morgan fingerprint density at radius 2 is 1.72 bits per heavy atom. The van der Waals surface area contributed by atoms with E-state index in [2.05, 4.69) is 10.3 Å². The number of rotatable bonds is 5. The van der Waals surface area contributed by atoms with Gasteiger partial charge in [-0.3, -0.25) is 9.36 Å². The van der Waals surface area contributed by atoms with Crippen molar-refractivity contribution in [2.75, 3.05) is 5.32 Å². The lowest BCUT2D eigenvalue weighted by atomic mass is 10.2. The number of benzene rings is 1. The lowest BCUT2D eigenvalue weighted by Crippen LogP contribution is -2.26. The molecule has 0 saturated heterocycles. The van der Waals surface area contributed by atoms with E-state index in [4.69, 9.17) is 4.98 Å². The highest BCUT2D eigenvalue weighted by Gasteiger charge is 2.23. The van der Waals surface area contributed by atoms with Crippen LogP contribution in [0, 0.1) is 0 Å². The molecule has 2 aliphatic rings. The lowest BCUT2D eigenvalue weighted by molar-refractivity contribution is 0.510. The summed E-state index contributed by atoms with van der Waals surface area (Å²) in [6.07, 6.45) is 11.2. The number of aromatic nitrogens is 3. The second-order valence-corrected chi connectivity index (χ2v) is 9.25. The van der Waals surface area contributed by atoms with Gasteiger partial charge in [-0.25, -0.2) is 4.98 Å². The zero-order chi connectivity index (χ0) is 19.6. The molecule has 150 valence electrons. The van der Waals surface area contributed by atoms with Crippen LogP contribution in [0.5, 0.6) is 0 Å². The van der Waals surface area contributed by atoms with Crippen LogP contribution in [0.15, 0.2) is 57.2 Å². The van der Waals surface area contributed by atoms with Gasteiger partial charge in [0, 0.05) is 28.6 Å². The first kappa shape index (κ1) is 18.7. The Bertz CT molecular complexity index is 1050. The number of pyridine rings is 1. The minimum atomic E-state index is 0.0729. The first-order valence-corrected chi connectivity index (χ1v) is 11.5. The summed E-state index contributed by atoms with van der Waals surface area (Å²) in [5, 5.41) is 4.42. The maximum Gasteiger partial charge on any atom is 0.266 e. The number of fused-ring (bicyclic) bond motifs is 1. The van der Waals surface area contributed by atoms with Crippen molar-refractivity contribution in [3.63, 3.8) is 0 Å². The molecule has 0 bridgehead atoms. The smallest absolute Gasteiger partial charge is 0.266 e. The maximum atomic E-state index is 13.5. The molecule has 5 rings (SSSR count). The number of anilines is 1. The minimum Gasteiger partial charge on any atom is -0.351 e. The zero-order valence-electron chi connectivity index (χ0n) is 16.5. The Morgan fingerprint density at radius 1 is 1.00 bits per heavy atom. The highest BCUT2D eigenvalue weighted by Crippen LogP contribution is 2.33. The van der Waals surface area contributed by atoms with Crippen LogP contribution in [0.25, 0.3) is 11.0 Å². The summed E-state index contributed by atoms with van der Waals surface area (Å²) in [5.74, 6) is 0.652. The molecule has 2 aliphatic carbocycles. The van der Waals surface area contributed by atoms with Gasteiger partial charge in [0.15, 0.2) is 0 Å². The van der Waals surface area contributed by atoms with Gasteiger partial charge in [-0.05, 0) is 43.9 Å². The van der Waals surface area contributed by atoms with Gasteiger partial charge < -0.3 is 5.32 Å². The Morgan fingerprint density at radius 3 is 2.48 bits per heavy atom. The third-order valence-corrected chi connectivity index (χ3v) is 7.11. The van der Waals surface area contributed by atoms with Crippen LogP contribution in [0.4, 0.5) is 5.95 Å². The first-order chi connectivity index (χ1) is 14.3. The molecule has 2 saturated carbocycles. The number of nitrogens with zero attached hydrogens (tertiary/aromatic N) is 3. The topological polar surface area (TPSA) is 59.8 Å². The molecular weight excluding hydrogens is 380 g/mol. The molecule has 1 aromatic carbocycles. The first-order valence-electron chi connectivity index (χ1n) is 10.7. The fourth-order valence-corrected chi connectivity index (χ4v) is 5.53. The van der Waals surface area contributed by atoms with E-state index >= 15 is 0 Å². The summed E-state index contributed by atoms with van der Waals surface area (Å²) in [4.78, 5) is 24.7. The van der Waals surface area contributed by atoms with Crippen LogP contribution >= 0.6 is 11.8 Å². The molecule has 0 spiro atoms. The predicted molar refractivity (Wildman–Crippen MR) is 118 cm³/mol. The van der Waals surface area contributed by atoms with E-state index in [9.17, 15) is 4.79 Å². The fraction of sp³-hybridized carbons (Fsp3) is 0.435. The molecule has 2 aromatic heterocycles. The largest absolute Gasteiger partial charge is 0.351 e. The third kappa shape index (κ3) is 3.90. The van der Waals surface area contributed by atoms with Crippen molar-refractivity contribution in [3.05, 3.63) is 52.9 Å². The van der Waals surface area contributed by atoms with E-state index in [1.807, 2.05) is 47.2 Å². The maximum absolute atomic E-state index is 13.5. The quantitative estimate of drug-likeness (QED) is 0.614. The van der Waals surface area contributed by atoms with Crippen LogP contribution in [0.3, 0.4) is 0 Å². The van der Waals surface area contributed by atoms with Gasteiger partial charge in [0.05, 0.1) is 4.90 Å². The molecular formula is C23H26N4OS. The van der Waals surface area contributed by atoms with Crippen molar-refractivity contribution in [1.29, 1.82) is 0 Å². The van der Waals surface area contributed by atoms with Gasteiger partial charge >= 0.3 is 0 Å². The van der Waals surface area contributed by atoms with Crippen molar-refractivity contribution in [3.8, 4) is 0 Å². The normalized spacial score (nSPS) is 17.9. The molecule has 29 heavy (non-hydrogen) atoms. The average Bonchev–Trinajstić information content (AvgIpc) is 3.44. The molecule has 0 unspecified atom stereocenters. The van der Waals surface area contributed by atoms with E-state index in [1.165, 1.54) is 50.3 Å². The SMILES string of the molecule is O=c1c(Sc2ccccc2)cc2cnc(NC3CCCC3)nc2n1C1CCCC1. The van der Waals surface area contributed by atoms with Crippen LogP contribution in [-0.2, 0) is 0 Å². The van der Waals surface area contributed by atoms with Gasteiger partial charge in [0.1, 0.15) is 5.65 Å². The van der Waals surface area contributed by atoms with E-state index in [0.29, 0.717) is 12.0 Å². The second-order valence-electron chi connectivity index (χ2n) is 8.14. The van der Waals surface area contributed by atoms with Gasteiger partial charge in [0.25, 0.3) is 5.56 Å². The van der Waals surface area contributed by atoms with Crippen LogP contribution in [0.1, 0.15) is 57.4 Å². The summed E-state index contributed by atoms with van der Waals surface area (Å²) >= 11 is 1.53. The van der Waals surface area contributed by atoms with Gasteiger partial charge in [-0.2, -0.15) is 4.98 Å². The third-order valence-electron chi connectivity index (χ3n) is 6.09. The molecule has 2 fully saturated rings. The molecule has 5 nitrogen and oxygen atoms in total. The molecule has 0 aliphatic heterocycles. The fourth-order valence-electron chi connectivity index (χ4n) is 4.61. The summed E-state index contributed by atoms with van der Waals surface area (Å²) < 4.78 is 1.95. The van der Waals surface area contributed by atoms with Crippen LogP contribution < -0.4 is 10.9 Å². The number of hydrogen-bond donors (Lipinski definition) is 1. The molecule has 0 radical (unpaired) electrons. The van der Waals surface area contributed by atoms with E-state index in [1.54, 1.807) is 0 Å². The average molecular weight is 407 g/mol. The molecule has 6 heteroatoms. The monoisotopic (exact) mass is 406 g/mol. The Balaban J connectivity index is 1.58. The van der Waals surface area contributed by atoms with Crippen molar-refractivity contribution in [2.45, 2.75) is 73.2 Å². The highest BCUT2D eigenvalue weighted by molar-refractivity contribution is 7.99. The zero-order valence-corrected chi connectivity index (χ0v) is 17.3. The van der Waals surface area contributed by atoms with Gasteiger partial charge in [0.2, 0.25) is 5.95 Å². The molecule has 0 amide bonds. The van der Waals surface area contributed by atoms with Crippen molar-refractivity contribution >= 4 is 28.7 Å². The summed E-state index contributed by atoms with van der Waals surface area (Å²) in [7, 11) is 0. The lowest BCUT2D eigenvalue weighted by Gasteiger charge is -2.19. The van der Waals surface area contributed by atoms with Crippen molar-refractivity contribution in [2.24, 2.45) is 0 Å². The molecule has 2 heterocycles. The Labute approximate surface area is 175 Å². The van der Waals surface area contributed by atoms with E-state index in [0.717, 1.165) is 33.7 Å². The summed E-state index contributed by atoms with van der Waals surface area (Å²) in [6.45, 7) is 0. The summed E-state index contributed by atoms with van der Waals surface area (Å²) in [6, 6.07) is 12.7. The second kappa shape index (κ2) is 8.19. The molecule has 3 aromatic rings. The Hall–Kier alpha value is -2.34. The van der Waals surface area contributed by atoms with Crippen LogP contribution in [0.2, 0.25) is 0 Å². The minimum absolute atomic E-state index is 0.0729. The van der Waals surface area contributed by atoms with Crippen molar-refractivity contribution < 1.29 is 0 Å². The van der Waals surface area contributed by atoms with E-state index < -0.39 is 0 Å². The number of hydrogen-bond acceptors (Lipinski definition) is 5. The standard InChI is InChI=1S/C23H26N4OS/c28-22-20(29-19-12-2-1-3-13-19)14-16-15-24-23(25-17-8-4-5-9-17)26-21(16)27(22)18-10-6-7-11-18/h1-3,12-15,17-18H,4-11H2,(H,24,25,26). The summed E-state index contributed by atoms with van der Waals surface area (Å²) in [5.41, 5.74) is 0.846. The number of nitrogens with one attached hydrogen (secondary N) is 1. The predicted octanol–water partition coefficient (Wildman–Crippen LogP) is 5.41. The van der Waals surface area contributed by atoms with E-state index in [-0.39, 0.29) is 11.6 Å². The van der Waals surface area contributed by atoms with Crippen LogP contribution in [-0.4, -0.2) is 20.6 Å². The van der Waals surface area contributed by atoms with Crippen molar-refractivity contribution in [1.82, 2.24) is 14.5 Å². The Kier molecular flexibility index (Phi) is 5.27. The van der Waals surface area contributed by atoms with Gasteiger partial charge in [-0.15, -0.1) is 0 Å². The highest BCUT2D eigenvalue weighted by atomic mass is 32.2.